The van der Waals surface area contributed by atoms with Gasteiger partial charge in [-0.1, -0.05) is 41.4 Å². The Morgan fingerprint density at radius 1 is 1.06 bits per heavy atom. The second-order valence-corrected chi connectivity index (χ2v) is 4.75. The molecule has 18 heavy (non-hydrogen) atoms. The van der Waals surface area contributed by atoms with E-state index in [1.54, 1.807) is 31.3 Å². The van der Waals surface area contributed by atoms with Crippen LogP contribution in [0.25, 0.3) is 0 Å². The zero-order chi connectivity index (χ0) is 13.1. The lowest BCUT2D eigenvalue weighted by molar-refractivity contribution is 0.576. The van der Waals surface area contributed by atoms with Crippen LogP contribution in [0.1, 0.15) is 17.2 Å². The van der Waals surface area contributed by atoms with E-state index in [-0.39, 0.29) is 11.9 Å². The van der Waals surface area contributed by atoms with Crippen LogP contribution in [0.15, 0.2) is 42.5 Å². The molecule has 94 valence electrons. The van der Waals surface area contributed by atoms with Gasteiger partial charge in [-0.3, -0.25) is 0 Å². The van der Waals surface area contributed by atoms with E-state index in [0.717, 1.165) is 5.56 Å². The van der Waals surface area contributed by atoms with Gasteiger partial charge in [0.25, 0.3) is 0 Å². The molecule has 4 heteroatoms. The summed E-state index contributed by atoms with van der Waals surface area (Å²) in [6.07, 6.45) is 0. The first-order valence-electron chi connectivity index (χ1n) is 5.50. The number of benzene rings is 2. The monoisotopic (exact) mass is 283 g/mol. The van der Waals surface area contributed by atoms with Gasteiger partial charge in [0.2, 0.25) is 0 Å². The molecule has 2 rings (SSSR count). The van der Waals surface area contributed by atoms with Crippen LogP contribution in [-0.2, 0) is 0 Å². The topological polar surface area (TPSA) is 12.0 Å². The fourth-order valence-corrected chi connectivity index (χ4v) is 2.32. The summed E-state index contributed by atoms with van der Waals surface area (Å²) in [5, 5.41) is 4.12. The van der Waals surface area contributed by atoms with Crippen molar-refractivity contribution in [2.45, 2.75) is 6.04 Å². The molecule has 0 saturated carbocycles. The quantitative estimate of drug-likeness (QED) is 0.878. The summed E-state index contributed by atoms with van der Waals surface area (Å²) in [5.74, 6) is -0.322. The molecule has 0 amide bonds. The second-order valence-electron chi connectivity index (χ2n) is 3.91. The Bertz CT molecular complexity index is 520. The summed E-state index contributed by atoms with van der Waals surface area (Å²) in [5.41, 5.74) is 1.36. The van der Waals surface area contributed by atoms with Gasteiger partial charge in [0.15, 0.2) is 0 Å². The molecule has 0 aliphatic rings. The van der Waals surface area contributed by atoms with Gasteiger partial charge >= 0.3 is 0 Å². The molecule has 0 heterocycles. The molecule has 0 spiro atoms. The minimum Gasteiger partial charge on any atom is -0.309 e. The van der Waals surface area contributed by atoms with Crippen molar-refractivity contribution in [2.24, 2.45) is 0 Å². The van der Waals surface area contributed by atoms with Crippen molar-refractivity contribution in [1.82, 2.24) is 5.32 Å². The molecule has 1 nitrogen and oxygen atoms in total. The molecule has 0 bridgehead atoms. The van der Waals surface area contributed by atoms with Gasteiger partial charge in [0, 0.05) is 15.6 Å². The molecule has 1 unspecified atom stereocenters. The van der Waals surface area contributed by atoms with Crippen molar-refractivity contribution >= 4 is 23.2 Å². The Morgan fingerprint density at radius 3 is 2.28 bits per heavy atom. The third-order valence-corrected chi connectivity index (χ3v) is 3.36. The Kier molecular flexibility index (Phi) is 4.23. The van der Waals surface area contributed by atoms with Crippen molar-refractivity contribution in [3.8, 4) is 0 Å². The van der Waals surface area contributed by atoms with Crippen molar-refractivity contribution in [3.63, 3.8) is 0 Å². The van der Waals surface area contributed by atoms with Crippen molar-refractivity contribution in [1.29, 1.82) is 0 Å². The Morgan fingerprint density at radius 2 is 1.72 bits per heavy atom. The van der Waals surface area contributed by atoms with E-state index in [0.29, 0.717) is 15.6 Å². The summed E-state index contributed by atoms with van der Waals surface area (Å²) in [6, 6.07) is 11.6. The van der Waals surface area contributed by atoms with Crippen molar-refractivity contribution < 1.29 is 4.39 Å². The summed E-state index contributed by atoms with van der Waals surface area (Å²) in [4.78, 5) is 0. The van der Waals surface area contributed by atoms with Crippen LogP contribution in [0, 0.1) is 5.82 Å². The van der Waals surface area contributed by atoms with Gasteiger partial charge in [-0.25, -0.2) is 4.39 Å². The largest absolute Gasteiger partial charge is 0.309 e. The fraction of sp³-hybridized carbons (Fsp3) is 0.143. The molecule has 1 N–H and O–H groups in total. The third kappa shape index (κ3) is 2.66. The highest BCUT2D eigenvalue weighted by atomic mass is 35.5. The van der Waals surface area contributed by atoms with E-state index in [1.165, 1.54) is 6.07 Å². The van der Waals surface area contributed by atoms with E-state index in [1.807, 2.05) is 12.1 Å². The molecule has 2 aromatic carbocycles. The number of nitrogens with one attached hydrogen (secondary N) is 1. The summed E-state index contributed by atoms with van der Waals surface area (Å²) in [6.45, 7) is 0. The molecule has 2 aromatic rings. The molecule has 0 aliphatic heterocycles. The first-order valence-corrected chi connectivity index (χ1v) is 6.25. The number of rotatable bonds is 3. The predicted octanol–water partition coefficient (Wildman–Crippen LogP) is 4.44. The van der Waals surface area contributed by atoms with Gasteiger partial charge < -0.3 is 5.32 Å². The highest BCUT2D eigenvalue weighted by molar-refractivity contribution is 6.31. The smallest absolute Gasteiger partial charge is 0.129 e. The Balaban J connectivity index is 2.48. The first-order chi connectivity index (χ1) is 8.63. The van der Waals surface area contributed by atoms with Crippen LogP contribution >= 0.6 is 23.2 Å². The predicted molar refractivity (Wildman–Crippen MR) is 73.8 cm³/mol. The lowest BCUT2D eigenvalue weighted by Crippen LogP contribution is -2.19. The molecular weight excluding hydrogens is 272 g/mol. The van der Waals surface area contributed by atoms with E-state index >= 15 is 0 Å². The molecule has 1 atom stereocenters. The number of halogens is 3. The maximum Gasteiger partial charge on any atom is 0.129 e. The van der Waals surface area contributed by atoms with Crippen LogP contribution in [0.4, 0.5) is 4.39 Å². The fourth-order valence-electron chi connectivity index (χ4n) is 1.92. The molecule has 0 saturated heterocycles. The van der Waals surface area contributed by atoms with Crippen LogP contribution in [0.5, 0.6) is 0 Å². The van der Waals surface area contributed by atoms with Crippen molar-refractivity contribution in [3.05, 3.63) is 69.5 Å². The van der Waals surface area contributed by atoms with E-state index in [4.69, 9.17) is 23.2 Å². The van der Waals surface area contributed by atoms with Crippen LogP contribution in [0.2, 0.25) is 10.0 Å². The molecule has 0 aromatic heterocycles. The zero-order valence-corrected chi connectivity index (χ0v) is 11.3. The first kappa shape index (κ1) is 13.3. The Labute approximate surface area is 116 Å². The highest BCUT2D eigenvalue weighted by Gasteiger charge is 2.19. The maximum atomic E-state index is 13.9. The molecule has 0 aliphatic carbocycles. The number of hydrogen-bond donors (Lipinski definition) is 1. The average molecular weight is 284 g/mol. The van der Waals surface area contributed by atoms with Crippen LogP contribution in [-0.4, -0.2) is 7.05 Å². The molecule has 0 radical (unpaired) electrons. The van der Waals surface area contributed by atoms with E-state index < -0.39 is 0 Å². The lowest BCUT2D eigenvalue weighted by Gasteiger charge is -2.19. The standard InChI is InChI=1S/C14H12Cl2FN/c1-18-14(9-5-7-10(15)8-6-9)13-11(16)3-2-4-12(13)17/h2-8,14,18H,1H3. The van der Waals surface area contributed by atoms with Gasteiger partial charge in [-0.15, -0.1) is 0 Å². The van der Waals surface area contributed by atoms with Gasteiger partial charge in [0.05, 0.1) is 6.04 Å². The lowest BCUT2D eigenvalue weighted by atomic mass is 9.98. The third-order valence-electron chi connectivity index (χ3n) is 2.78. The normalized spacial score (nSPS) is 12.4. The summed E-state index contributed by atoms with van der Waals surface area (Å²) in [7, 11) is 1.77. The zero-order valence-electron chi connectivity index (χ0n) is 9.75. The molecule has 0 fully saturated rings. The maximum absolute atomic E-state index is 13.9. The van der Waals surface area contributed by atoms with E-state index in [2.05, 4.69) is 5.32 Å². The van der Waals surface area contributed by atoms with E-state index in [9.17, 15) is 4.39 Å². The minimum atomic E-state index is -0.322. The minimum absolute atomic E-state index is 0.295. The van der Waals surface area contributed by atoms with Crippen LogP contribution in [0.3, 0.4) is 0 Å². The van der Waals surface area contributed by atoms with Crippen LogP contribution < -0.4 is 5.32 Å². The van der Waals surface area contributed by atoms with Gasteiger partial charge in [-0.05, 0) is 36.9 Å². The molecular formula is C14H12Cl2FN. The summed E-state index contributed by atoms with van der Waals surface area (Å²) < 4.78 is 13.9. The second kappa shape index (κ2) is 5.70. The number of hydrogen-bond acceptors (Lipinski definition) is 1. The van der Waals surface area contributed by atoms with Crippen molar-refractivity contribution in [2.75, 3.05) is 7.05 Å². The average Bonchev–Trinajstić information content (AvgIpc) is 2.35. The SMILES string of the molecule is CNC(c1ccc(Cl)cc1)c1c(F)cccc1Cl. The summed E-state index contributed by atoms with van der Waals surface area (Å²) >= 11 is 11.9. The Hall–Kier alpha value is -1.09. The van der Waals surface area contributed by atoms with Gasteiger partial charge in [0.1, 0.15) is 5.82 Å². The van der Waals surface area contributed by atoms with Gasteiger partial charge in [-0.2, -0.15) is 0 Å². The highest BCUT2D eigenvalue weighted by Crippen LogP contribution is 2.30.